The molecule has 0 aliphatic rings. The highest BCUT2D eigenvalue weighted by molar-refractivity contribution is 5.93. The van der Waals surface area contributed by atoms with E-state index in [2.05, 4.69) is 37.1 Å². The first kappa shape index (κ1) is 16.2. The van der Waals surface area contributed by atoms with Crippen molar-refractivity contribution in [1.82, 2.24) is 10.3 Å². The van der Waals surface area contributed by atoms with E-state index >= 15 is 0 Å². The lowest BCUT2D eigenvalue weighted by atomic mass is 10.0. The highest BCUT2D eigenvalue weighted by atomic mass is 16.6. The number of H-pyrrole nitrogens is 1. The fourth-order valence-electron chi connectivity index (χ4n) is 2.56. The van der Waals surface area contributed by atoms with Crippen molar-refractivity contribution >= 4 is 22.2 Å². The van der Waals surface area contributed by atoms with Crippen molar-refractivity contribution in [3.8, 4) is 0 Å². The molecule has 0 saturated carbocycles. The minimum atomic E-state index is -0.367. The monoisotopic (exact) mass is 301 g/mol. The van der Waals surface area contributed by atoms with Crippen molar-refractivity contribution in [2.75, 3.05) is 6.54 Å². The minimum Gasteiger partial charge on any atom is -0.360 e. The fraction of sp³-hybridized carbons (Fsp3) is 0.412. The molecule has 5 nitrogen and oxygen atoms in total. The van der Waals surface area contributed by atoms with E-state index in [9.17, 15) is 10.1 Å². The van der Waals surface area contributed by atoms with E-state index in [1.165, 1.54) is 5.57 Å². The highest BCUT2D eigenvalue weighted by Crippen LogP contribution is 2.29. The number of nitro benzene ring substituents is 1. The number of hydrogen-bond donors (Lipinski definition) is 2. The minimum absolute atomic E-state index is 0.115. The summed E-state index contributed by atoms with van der Waals surface area (Å²) in [7, 11) is 0. The number of rotatable bonds is 7. The van der Waals surface area contributed by atoms with Gasteiger partial charge in [0.15, 0.2) is 0 Å². The molecular weight excluding hydrogens is 278 g/mol. The van der Waals surface area contributed by atoms with Crippen LogP contribution in [0.15, 0.2) is 30.5 Å². The van der Waals surface area contributed by atoms with Crippen molar-refractivity contribution in [3.63, 3.8) is 0 Å². The Bertz CT molecular complexity index is 686. The smallest absolute Gasteiger partial charge is 0.271 e. The zero-order chi connectivity index (χ0) is 16.1. The molecule has 1 aromatic carbocycles. The average Bonchev–Trinajstić information content (AvgIpc) is 2.90. The van der Waals surface area contributed by atoms with Crippen LogP contribution in [-0.4, -0.2) is 22.5 Å². The largest absolute Gasteiger partial charge is 0.360 e. The maximum Gasteiger partial charge on any atom is 0.271 e. The molecule has 2 aromatic rings. The number of fused-ring (bicyclic) bond motifs is 1. The van der Waals surface area contributed by atoms with E-state index in [0.717, 1.165) is 35.9 Å². The van der Waals surface area contributed by atoms with Gasteiger partial charge in [-0.15, -0.1) is 0 Å². The quantitative estimate of drug-likeness (QED) is 0.456. The second-order valence-corrected chi connectivity index (χ2v) is 5.67. The van der Waals surface area contributed by atoms with E-state index < -0.39 is 0 Å². The van der Waals surface area contributed by atoms with Gasteiger partial charge in [-0.2, -0.15) is 0 Å². The lowest BCUT2D eigenvalue weighted by Gasteiger charge is -2.07. The molecule has 0 bridgehead atoms. The zero-order valence-corrected chi connectivity index (χ0v) is 13.3. The Kier molecular flexibility index (Phi) is 5.33. The number of non-ortho nitro benzene ring substituents is 1. The first-order valence-corrected chi connectivity index (χ1v) is 7.71. The zero-order valence-electron chi connectivity index (χ0n) is 13.3. The van der Waals surface area contributed by atoms with Crippen LogP contribution in [0.2, 0.25) is 0 Å². The number of benzene rings is 1. The van der Waals surface area contributed by atoms with Gasteiger partial charge in [0.2, 0.25) is 0 Å². The van der Waals surface area contributed by atoms with Gasteiger partial charge in [-0.1, -0.05) is 26.8 Å². The first-order valence-electron chi connectivity index (χ1n) is 7.71. The number of nitro groups is 1. The molecule has 2 N–H and O–H groups in total. The second kappa shape index (κ2) is 7.22. The van der Waals surface area contributed by atoms with Crippen LogP contribution in [0.3, 0.4) is 0 Å². The molecule has 0 atom stereocenters. The van der Waals surface area contributed by atoms with Gasteiger partial charge < -0.3 is 10.3 Å². The topological polar surface area (TPSA) is 71.0 Å². The molecule has 22 heavy (non-hydrogen) atoms. The summed E-state index contributed by atoms with van der Waals surface area (Å²) in [5.41, 5.74) is 3.33. The Hall–Kier alpha value is -2.14. The Balaban J connectivity index is 2.24. The van der Waals surface area contributed by atoms with Gasteiger partial charge in [0.25, 0.3) is 5.69 Å². The molecule has 118 valence electrons. The molecule has 1 aromatic heterocycles. The van der Waals surface area contributed by atoms with E-state index in [0.29, 0.717) is 6.04 Å². The summed E-state index contributed by atoms with van der Waals surface area (Å²) in [6, 6.07) is 5.47. The third kappa shape index (κ3) is 3.74. The molecule has 0 fully saturated rings. The highest BCUT2D eigenvalue weighted by Gasteiger charge is 2.11. The van der Waals surface area contributed by atoms with E-state index in [4.69, 9.17) is 0 Å². The van der Waals surface area contributed by atoms with Crippen LogP contribution in [-0.2, 0) is 0 Å². The summed E-state index contributed by atoms with van der Waals surface area (Å²) in [6.07, 6.45) is 6.10. The van der Waals surface area contributed by atoms with Crippen LogP contribution < -0.4 is 5.32 Å². The Labute approximate surface area is 130 Å². The van der Waals surface area contributed by atoms with Gasteiger partial charge in [-0.05, 0) is 31.0 Å². The summed E-state index contributed by atoms with van der Waals surface area (Å²) in [5, 5.41) is 15.3. The van der Waals surface area contributed by atoms with Gasteiger partial charge in [0.1, 0.15) is 0 Å². The second-order valence-electron chi connectivity index (χ2n) is 5.67. The van der Waals surface area contributed by atoms with Crippen LogP contribution in [0.5, 0.6) is 0 Å². The molecule has 1 heterocycles. The van der Waals surface area contributed by atoms with Crippen molar-refractivity contribution in [2.45, 2.75) is 39.7 Å². The predicted molar refractivity (Wildman–Crippen MR) is 91.0 cm³/mol. The van der Waals surface area contributed by atoms with Crippen LogP contribution in [0, 0.1) is 10.1 Å². The van der Waals surface area contributed by atoms with Crippen LogP contribution in [0.4, 0.5) is 5.69 Å². The number of allylic oxidation sites excluding steroid dienone is 1. The molecule has 0 radical (unpaired) electrons. The average molecular weight is 301 g/mol. The number of nitrogens with one attached hydrogen (secondary N) is 2. The standard InChI is InChI=1S/C17H23N3O2/c1-4-13(6-5-9-18-12(2)3)16-11-19-17-10-14(20(21)22)7-8-15(16)17/h6-8,10-12,18-19H,4-5,9H2,1-3H3. The summed E-state index contributed by atoms with van der Waals surface area (Å²) in [6.45, 7) is 7.36. The molecule has 0 spiro atoms. The van der Waals surface area contributed by atoms with E-state index in [1.54, 1.807) is 12.1 Å². The molecule has 0 saturated heterocycles. The summed E-state index contributed by atoms with van der Waals surface area (Å²) in [4.78, 5) is 13.6. The molecule has 0 aliphatic carbocycles. The van der Waals surface area contributed by atoms with Gasteiger partial charge in [0, 0.05) is 35.3 Å². The van der Waals surface area contributed by atoms with Crippen LogP contribution in [0.25, 0.3) is 16.5 Å². The summed E-state index contributed by atoms with van der Waals surface area (Å²) >= 11 is 0. The van der Waals surface area contributed by atoms with Crippen molar-refractivity contribution in [1.29, 1.82) is 0 Å². The Morgan fingerprint density at radius 2 is 2.23 bits per heavy atom. The molecule has 0 unspecified atom stereocenters. The Morgan fingerprint density at radius 1 is 1.45 bits per heavy atom. The molecule has 0 aliphatic heterocycles. The third-order valence-electron chi connectivity index (χ3n) is 3.69. The first-order chi connectivity index (χ1) is 10.5. The Morgan fingerprint density at radius 3 is 2.86 bits per heavy atom. The lowest BCUT2D eigenvalue weighted by molar-refractivity contribution is -0.384. The molecule has 2 rings (SSSR count). The number of hydrogen-bond acceptors (Lipinski definition) is 3. The van der Waals surface area contributed by atoms with Gasteiger partial charge >= 0.3 is 0 Å². The van der Waals surface area contributed by atoms with E-state index in [-0.39, 0.29) is 10.6 Å². The number of nitrogens with zero attached hydrogens (tertiary/aromatic N) is 1. The molecule has 0 amide bonds. The number of aromatic nitrogens is 1. The lowest BCUT2D eigenvalue weighted by Crippen LogP contribution is -2.23. The number of aromatic amines is 1. The van der Waals surface area contributed by atoms with Gasteiger partial charge in [-0.25, -0.2) is 0 Å². The molecule has 5 heteroatoms. The van der Waals surface area contributed by atoms with Crippen molar-refractivity contribution in [2.24, 2.45) is 0 Å². The predicted octanol–water partition coefficient (Wildman–Crippen LogP) is 4.26. The molecular formula is C17H23N3O2. The van der Waals surface area contributed by atoms with Crippen LogP contribution in [0.1, 0.15) is 39.2 Å². The van der Waals surface area contributed by atoms with Crippen molar-refractivity contribution < 1.29 is 4.92 Å². The maximum atomic E-state index is 10.8. The van der Waals surface area contributed by atoms with E-state index in [1.807, 2.05) is 12.3 Å². The third-order valence-corrected chi connectivity index (χ3v) is 3.69. The van der Waals surface area contributed by atoms with Crippen LogP contribution >= 0.6 is 0 Å². The van der Waals surface area contributed by atoms with Gasteiger partial charge in [0.05, 0.1) is 10.4 Å². The maximum absolute atomic E-state index is 10.8. The SMILES string of the molecule is CCC(=CCCNC(C)C)c1c[nH]c2cc([N+](=O)[O-])ccc12. The summed E-state index contributed by atoms with van der Waals surface area (Å²) < 4.78 is 0. The normalized spacial score (nSPS) is 12.3. The van der Waals surface area contributed by atoms with Gasteiger partial charge in [-0.3, -0.25) is 10.1 Å². The van der Waals surface area contributed by atoms with Crippen molar-refractivity contribution in [3.05, 3.63) is 46.1 Å². The fourth-order valence-corrected chi connectivity index (χ4v) is 2.56. The summed E-state index contributed by atoms with van der Waals surface area (Å²) in [5.74, 6) is 0.